The zero-order valence-corrected chi connectivity index (χ0v) is 15.3. The Bertz CT molecular complexity index is 961. The molecule has 0 aliphatic carbocycles. The van der Waals surface area contributed by atoms with Gasteiger partial charge in [0.15, 0.2) is 11.7 Å². The van der Waals surface area contributed by atoms with Crippen molar-refractivity contribution in [3.63, 3.8) is 0 Å². The SMILES string of the molecule is O=C(O)/C=C/c1cccc(/C=C/C(=O)c2cccc(NC3=NCCCN3)c2)c1. The first-order chi connectivity index (χ1) is 13.6. The van der Waals surface area contributed by atoms with E-state index in [4.69, 9.17) is 5.11 Å². The summed E-state index contributed by atoms with van der Waals surface area (Å²) in [6.45, 7) is 1.67. The van der Waals surface area contributed by atoms with Crippen molar-refractivity contribution in [1.29, 1.82) is 0 Å². The topological polar surface area (TPSA) is 90.8 Å². The lowest BCUT2D eigenvalue weighted by Gasteiger charge is -2.16. The van der Waals surface area contributed by atoms with Crippen molar-refractivity contribution in [2.75, 3.05) is 18.4 Å². The number of rotatable bonds is 6. The maximum atomic E-state index is 12.5. The van der Waals surface area contributed by atoms with E-state index in [0.717, 1.165) is 48.4 Å². The summed E-state index contributed by atoms with van der Waals surface area (Å²) in [5.74, 6) is -0.398. The van der Waals surface area contributed by atoms with Crippen LogP contribution in [0.1, 0.15) is 27.9 Å². The number of nitrogens with one attached hydrogen (secondary N) is 2. The molecule has 3 N–H and O–H groups in total. The van der Waals surface area contributed by atoms with Crippen LogP contribution in [-0.2, 0) is 4.79 Å². The number of hydrogen-bond donors (Lipinski definition) is 3. The highest BCUT2D eigenvalue weighted by atomic mass is 16.4. The van der Waals surface area contributed by atoms with Gasteiger partial charge in [-0.3, -0.25) is 9.79 Å². The quantitative estimate of drug-likeness (QED) is 0.531. The summed E-state index contributed by atoms with van der Waals surface area (Å²) in [5, 5.41) is 15.1. The fourth-order valence-electron chi connectivity index (χ4n) is 2.71. The van der Waals surface area contributed by atoms with E-state index in [0.29, 0.717) is 5.56 Å². The van der Waals surface area contributed by atoms with Crippen LogP contribution in [-0.4, -0.2) is 35.9 Å². The second-order valence-electron chi connectivity index (χ2n) is 6.26. The average Bonchev–Trinajstić information content (AvgIpc) is 2.72. The van der Waals surface area contributed by atoms with Crippen molar-refractivity contribution in [2.24, 2.45) is 4.99 Å². The molecule has 0 saturated heterocycles. The van der Waals surface area contributed by atoms with Crippen molar-refractivity contribution in [1.82, 2.24) is 5.32 Å². The summed E-state index contributed by atoms with van der Waals surface area (Å²) >= 11 is 0. The van der Waals surface area contributed by atoms with Crippen LogP contribution in [0.2, 0.25) is 0 Å². The number of benzene rings is 2. The number of allylic oxidation sites excluding steroid dienone is 1. The zero-order valence-electron chi connectivity index (χ0n) is 15.3. The highest BCUT2D eigenvalue weighted by Crippen LogP contribution is 2.14. The molecule has 28 heavy (non-hydrogen) atoms. The molecule has 3 rings (SSSR count). The number of aliphatic carboxylic acids is 1. The number of ketones is 1. The maximum absolute atomic E-state index is 12.5. The van der Waals surface area contributed by atoms with Crippen LogP contribution >= 0.6 is 0 Å². The Kier molecular flexibility index (Phi) is 6.36. The first kappa shape index (κ1) is 19.1. The molecule has 0 amide bonds. The van der Waals surface area contributed by atoms with Crippen LogP contribution in [0.3, 0.4) is 0 Å². The predicted molar refractivity (Wildman–Crippen MR) is 111 cm³/mol. The first-order valence-corrected chi connectivity index (χ1v) is 8.99. The standard InChI is InChI=1S/C22H21N3O3/c26-20(10-8-16-4-1-5-17(14-16)9-11-21(27)28)18-6-2-7-19(15-18)25-22-23-12-3-13-24-22/h1-2,4-11,14-15H,3,12-13H2,(H,27,28)(H2,23,24,25)/b10-8+,11-9+. The van der Waals surface area contributed by atoms with Crippen LogP contribution in [0.5, 0.6) is 0 Å². The molecule has 142 valence electrons. The number of carbonyl (C=O) groups is 2. The van der Waals surface area contributed by atoms with Crippen LogP contribution in [0.25, 0.3) is 12.2 Å². The first-order valence-electron chi connectivity index (χ1n) is 8.99. The molecule has 2 aromatic carbocycles. The van der Waals surface area contributed by atoms with E-state index in [1.807, 2.05) is 30.3 Å². The van der Waals surface area contributed by atoms with Crippen molar-refractivity contribution < 1.29 is 14.7 Å². The maximum Gasteiger partial charge on any atom is 0.328 e. The number of carbonyl (C=O) groups excluding carboxylic acids is 1. The zero-order chi connectivity index (χ0) is 19.8. The summed E-state index contributed by atoms with van der Waals surface area (Å²) in [5.41, 5.74) is 2.94. The van der Waals surface area contributed by atoms with Gasteiger partial charge in [-0.15, -0.1) is 0 Å². The molecule has 6 heteroatoms. The molecule has 1 aliphatic heterocycles. The minimum Gasteiger partial charge on any atom is -0.478 e. The van der Waals surface area contributed by atoms with Gasteiger partial charge in [-0.05, 0) is 47.9 Å². The molecule has 1 aliphatic rings. The summed E-state index contributed by atoms with van der Waals surface area (Å²) in [7, 11) is 0. The van der Waals surface area contributed by atoms with Crippen LogP contribution in [0, 0.1) is 0 Å². The lowest BCUT2D eigenvalue weighted by molar-refractivity contribution is -0.131. The largest absolute Gasteiger partial charge is 0.478 e. The minimum atomic E-state index is -1.00. The van der Waals surface area contributed by atoms with Gasteiger partial charge in [0.1, 0.15) is 0 Å². The lowest BCUT2D eigenvalue weighted by atomic mass is 10.1. The van der Waals surface area contributed by atoms with Crippen molar-refractivity contribution in [3.8, 4) is 0 Å². The van der Waals surface area contributed by atoms with E-state index < -0.39 is 5.97 Å². The third-order valence-corrected chi connectivity index (χ3v) is 4.06. The van der Waals surface area contributed by atoms with Gasteiger partial charge in [-0.25, -0.2) is 4.79 Å². The lowest BCUT2D eigenvalue weighted by Crippen LogP contribution is -2.35. The molecule has 2 aromatic rings. The van der Waals surface area contributed by atoms with E-state index in [1.54, 1.807) is 24.3 Å². The molecule has 0 aromatic heterocycles. The third-order valence-electron chi connectivity index (χ3n) is 4.06. The summed E-state index contributed by atoms with van der Waals surface area (Å²) in [6, 6.07) is 14.5. The Hall–Kier alpha value is -3.67. The summed E-state index contributed by atoms with van der Waals surface area (Å²) < 4.78 is 0. The fourth-order valence-corrected chi connectivity index (χ4v) is 2.71. The van der Waals surface area contributed by atoms with Crippen molar-refractivity contribution >= 4 is 35.6 Å². The van der Waals surface area contributed by atoms with E-state index in [9.17, 15) is 9.59 Å². The Morgan fingerprint density at radius 3 is 2.50 bits per heavy atom. The van der Waals surface area contributed by atoms with E-state index in [-0.39, 0.29) is 5.78 Å². The second-order valence-corrected chi connectivity index (χ2v) is 6.26. The minimum absolute atomic E-state index is 0.117. The number of guanidine groups is 1. The molecule has 0 radical (unpaired) electrons. The smallest absolute Gasteiger partial charge is 0.328 e. The molecular formula is C22H21N3O3. The Labute approximate surface area is 163 Å². The van der Waals surface area contributed by atoms with Crippen LogP contribution in [0.4, 0.5) is 5.69 Å². The van der Waals surface area contributed by atoms with Gasteiger partial charge < -0.3 is 15.7 Å². The molecule has 6 nitrogen and oxygen atoms in total. The monoisotopic (exact) mass is 375 g/mol. The Morgan fingerprint density at radius 1 is 1.04 bits per heavy atom. The fraction of sp³-hybridized carbons (Fsp3) is 0.136. The van der Waals surface area contributed by atoms with Gasteiger partial charge in [0.25, 0.3) is 0 Å². The molecule has 0 fully saturated rings. The van der Waals surface area contributed by atoms with Gasteiger partial charge in [0.2, 0.25) is 0 Å². The van der Waals surface area contributed by atoms with Gasteiger partial charge in [0.05, 0.1) is 0 Å². The average molecular weight is 375 g/mol. The second kappa shape index (κ2) is 9.32. The molecule has 0 bridgehead atoms. The van der Waals surface area contributed by atoms with E-state index in [1.165, 1.54) is 12.2 Å². The van der Waals surface area contributed by atoms with E-state index in [2.05, 4.69) is 15.6 Å². The molecule has 0 atom stereocenters. The van der Waals surface area contributed by atoms with E-state index >= 15 is 0 Å². The third kappa shape index (κ3) is 5.67. The molecule has 1 heterocycles. The highest BCUT2D eigenvalue weighted by Gasteiger charge is 2.07. The van der Waals surface area contributed by atoms with Crippen LogP contribution in [0.15, 0.2) is 65.7 Å². The van der Waals surface area contributed by atoms with Crippen molar-refractivity contribution in [3.05, 3.63) is 77.4 Å². The number of carboxylic acid groups (broad SMARTS) is 1. The highest BCUT2D eigenvalue weighted by molar-refractivity contribution is 6.07. The number of aliphatic imine (C=N–C) groups is 1. The predicted octanol–water partition coefficient (Wildman–Crippen LogP) is 3.44. The summed E-state index contributed by atoms with van der Waals surface area (Å²) in [4.78, 5) is 27.5. The van der Waals surface area contributed by atoms with Gasteiger partial charge >= 0.3 is 5.97 Å². The Morgan fingerprint density at radius 2 is 1.79 bits per heavy atom. The number of carboxylic acids is 1. The number of nitrogens with zero attached hydrogens (tertiary/aromatic N) is 1. The van der Waals surface area contributed by atoms with Crippen LogP contribution < -0.4 is 10.6 Å². The molecule has 0 unspecified atom stereocenters. The molecule has 0 saturated carbocycles. The van der Waals surface area contributed by atoms with Crippen molar-refractivity contribution in [2.45, 2.75) is 6.42 Å². The van der Waals surface area contributed by atoms with Gasteiger partial charge in [-0.1, -0.05) is 36.4 Å². The normalized spacial score (nSPS) is 13.9. The summed E-state index contributed by atoms with van der Waals surface area (Å²) in [6.07, 6.45) is 6.83. The van der Waals surface area contributed by atoms with Gasteiger partial charge in [-0.2, -0.15) is 0 Å². The van der Waals surface area contributed by atoms with Gasteiger partial charge in [0, 0.05) is 30.4 Å². The number of hydrogen-bond acceptors (Lipinski definition) is 5. The number of anilines is 1. The Balaban J connectivity index is 1.69. The molecular weight excluding hydrogens is 354 g/mol. The molecule has 0 spiro atoms.